The van der Waals surface area contributed by atoms with E-state index in [1.165, 1.54) is 0 Å². The van der Waals surface area contributed by atoms with Gasteiger partial charge >= 0.3 is 0 Å². The van der Waals surface area contributed by atoms with Gasteiger partial charge in [-0.15, -0.1) is 0 Å². The van der Waals surface area contributed by atoms with Crippen molar-refractivity contribution in [3.8, 4) is 11.3 Å². The Morgan fingerprint density at radius 2 is 1.77 bits per heavy atom. The van der Waals surface area contributed by atoms with E-state index in [0.29, 0.717) is 11.4 Å². The molecule has 3 aromatic rings. The van der Waals surface area contributed by atoms with E-state index in [2.05, 4.69) is 36.8 Å². The molecule has 0 fully saturated rings. The Morgan fingerprint density at radius 1 is 1.04 bits per heavy atom. The number of anilines is 1. The fraction of sp³-hybridized carbons (Fsp3) is 0.105. The lowest BCUT2D eigenvalue weighted by molar-refractivity contribution is -0.116. The van der Waals surface area contributed by atoms with E-state index in [-0.39, 0.29) is 24.8 Å². The van der Waals surface area contributed by atoms with Crippen LogP contribution in [0.25, 0.3) is 11.3 Å². The highest BCUT2D eigenvalue weighted by atomic mass is 79.9. The van der Waals surface area contributed by atoms with Crippen LogP contribution in [0.3, 0.4) is 0 Å². The van der Waals surface area contributed by atoms with E-state index < -0.39 is 0 Å². The second kappa shape index (κ2) is 8.44. The summed E-state index contributed by atoms with van der Waals surface area (Å²) in [6.45, 7) is 0.240. The number of H-pyrrole nitrogens is 1. The topological polar surface area (TPSA) is 86.9 Å². The molecule has 0 saturated heterocycles. The highest BCUT2D eigenvalue weighted by Gasteiger charge is 2.11. The van der Waals surface area contributed by atoms with Crippen molar-refractivity contribution >= 4 is 33.4 Å². The summed E-state index contributed by atoms with van der Waals surface area (Å²) >= 11 is 3.38. The zero-order valence-electron chi connectivity index (χ0n) is 13.8. The Labute approximate surface area is 159 Å². The van der Waals surface area contributed by atoms with Crippen molar-refractivity contribution in [3.63, 3.8) is 0 Å². The normalized spacial score (nSPS) is 10.3. The summed E-state index contributed by atoms with van der Waals surface area (Å²) in [6, 6.07) is 18.5. The summed E-state index contributed by atoms with van der Waals surface area (Å²) < 4.78 is 0.975. The molecule has 1 aromatic heterocycles. The van der Waals surface area contributed by atoms with Crippen LogP contribution in [0.2, 0.25) is 0 Å². The van der Waals surface area contributed by atoms with Gasteiger partial charge in [-0.25, -0.2) is 0 Å². The van der Waals surface area contributed by atoms with Crippen LogP contribution in [0.15, 0.2) is 65.1 Å². The van der Waals surface area contributed by atoms with Crippen LogP contribution in [-0.4, -0.2) is 28.6 Å². The lowest BCUT2D eigenvalue weighted by Gasteiger charge is -2.05. The van der Waals surface area contributed by atoms with Crippen molar-refractivity contribution in [2.24, 2.45) is 0 Å². The Morgan fingerprint density at radius 3 is 2.50 bits per heavy atom. The second-order valence-corrected chi connectivity index (χ2v) is 6.51. The molecule has 3 rings (SSSR count). The van der Waals surface area contributed by atoms with Gasteiger partial charge in [-0.1, -0.05) is 46.3 Å². The molecular formula is C19H17BrN4O2. The molecule has 2 amide bonds. The van der Waals surface area contributed by atoms with Gasteiger partial charge < -0.3 is 10.6 Å². The third kappa shape index (κ3) is 4.80. The Kier molecular flexibility index (Phi) is 5.80. The zero-order chi connectivity index (χ0) is 18.4. The summed E-state index contributed by atoms with van der Waals surface area (Å²) in [7, 11) is 0. The van der Waals surface area contributed by atoms with Crippen LogP contribution in [0.4, 0.5) is 5.69 Å². The standard InChI is InChI=1S/C19H17BrN4O2/c20-14-8-6-13(7-9-14)16-12-17(24-23-16)19(26)21-11-10-18(25)22-15-4-2-1-3-5-15/h1-9,12H,10-11H2,(H,21,26)(H,22,25)(H,23,24). The molecule has 0 radical (unpaired) electrons. The van der Waals surface area contributed by atoms with Crippen molar-refractivity contribution < 1.29 is 9.59 Å². The van der Waals surface area contributed by atoms with Crippen molar-refractivity contribution in [1.82, 2.24) is 15.5 Å². The predicted molar refractivity (Wildman–Crippen MR) is 104 cm³/mol. The Hall–Kier alpha value is -2.93. The number of carbonyl (C=O) groups excluding carboxylic acids is 2. The first-order chi connectivity index (χ1) is 12.6. The van der Waals surface area contributed by atoms with E-state index in [9.17, 15) is 9.59 Å². The van der Waals surface area contributed by atoms with Crippen LogP contribution in [0, 0.1) is 0 Å². The number of halogens is 1. The van der Waals surface area contributed by atoms with Gasteiger partial charge in [0.25, 0.3) is 5.91 Å². The van der Waals surface area contributed by atoms with E-state index in [1.54, 1.807) is 6.07 Å². The fourth-order valence-electron chi connectivity index (χ4n) is 2.34. The number of nitrogens with one attached hydrogen (secondary N) is 3. The highest BCUT2D eigenvalue weighted by Crippen LogP contribution is 2.20. The third-order valence-electron chi connectivity index (χ3n) is 3.66. The maximum absolute atomic E-state index is 12.2. The van der Waals surface area contributed by atoms with Gasteiger partial charge in [-0.2, -0.15) is 5.10 Å². The van der Waals surface area contributed by atoms with Crippen LogP contribution in [-0.2, 0) is 4.79 Å². The number of aromatic nitrogens is 2. The first-order valence-electron chi connectivity index (χ1n) is 8.06. The van der Waals surface area contributed by atoms with Gasteiger partial charge in [0.2, 0.25) is 5.91 Å². The molecule has 6 nitrogen and oxygen atoms in total. The lowest BCUT2D eigenvalue weighted by atomic mass is 10.1. The quantitative estimate of drug-likeness (QED) is 0.577. The van der Waals surface area contributed by atoms with Gasteiger partial charge in [-0.3, -0.25) is 14.7 Å². The van der Waals surface area contributed by atoms with Crippen LogP contribution >= 0.6 is 15.9 Å². The van der Waals surface area contributed by atoms with Crippen molar-refractivity contribution in [2.75, 3.05) is 11.9 Å². The van der Waals surface area contributed by atoms with Gasteiger partial charge in [-0.05, 0) is 30.3 Å². The number of para-hydroxylation sites is 1. The minimum absolute atomic E-state index is 0.156. The molecule has 0 atom stereocenters. The van der Waals surface area contributed by atoms with Crippen LogP contribution in [0.1, 0.15) is 16.9 Å². The Balaban J connectivity index is 1.49. The fourth-order valence-corrected chi connectivity index (χ4v) is 2.60. The molecule has 3 N–H and O–H groups in total. The van der Waals surface area contributed by atoms with Crippen molar-refractivity contribution in [2.45, 2.75) is 6.42 Å². The molecule has 0 unspecified atom stereocenters. The number of rotatable bonds is 6. The number of amides is 2. The molecule has 0 aliphatic rings. The largest absolute Gasteiger partial charge is 0.350 e. The first kappa shape index (κ1) is 17.9. The lowest BCUT2D eigenvalue weighted by Crippen LogP contribution is -2.27. The maximum Gasteiger partial charge on any atom is 0.269 e. The molecule has 1 heterocycles. The van der Waals surface area contributed by atoms with E-state index >= 15 is 0 Å². The molecule has 0 aliphatic heterocycles. The van der Waals surface area contributed by atoms with Crippen LogP contribution < -0.4 is 10.6 Å². The average molecular weight is 413 g/mol. The summed E-state index contributed by atoms with van der Waals surface area (Å²) in [5.41, 5.74) is 2.68. The van der Waals surface area contributed by atoms with Crippen molar-refractivity contribution in [1.29, 1.82) is 0 Å². The zero-order valence-corrected chi connectivity index (χ0v) is 15.4. The van der Waals surface area contributed by atoms with Gasteiger partial charge in [0, 0.05) is 28.7 Å². The molecule has 0 spiro atoms. The minimum Gasteiger partial charge on any atom is -0.350 e. The number of hydrogen-bond acceptors (Lipinski definition) is 3. The van der Waals surface area contributed by atoms with E-state index in [1.807, 2.05) is 54.6 Å². The number of benzene rings is 2. The summed E-state index contributed by atoms with van der Waals surface area (Å²) in [4.78, 5) is 24.0. The minimum atomic E-state index is -0.298. The molecule has 0 bridgehead atoms. The third-order valence-corrected chi connectivity index (χ3v) is 4.19. The number of aromatic amines is 1. The van der Waals surface area contributed by atoms with Crippen LogP contribution in [0.5, 0.6) is 0 Å². The molecular weight excluding hydrogens is 396 g/mol. The maximum atomic E-state index is 12.2. The summed E-state index contributed by atoms with van der Waals surface area (Å²) in [6.07, 6.45) is 0.189. The Bertz CT molecular complexity index is 891. The van der Waals surface area contributed by atoms with Crippen molar-refractivity contribution in [3.05, 3.63) is 70.8 Å². The van der Waals surface area contributed by atoms with Gasteiger partial charge in [0.05, 0.1) is 5.69 Å². The summed E-state index contributed by atoms with van der Waals surface area (Å²) in [5, 5.41) is 12.4. The molecule has 7 heteroatoms. The van der Waals surface area contributed by atoms with Gasteiger partial charge in [0.1, 0.15) is 5.69 Å². The molecule has 0 saturated carbocycles. The van der Waals surface area contributed by atoms with Gasteiger partial charge in [0.15, 0.2) is 0 Å². The SMILES string of the molecule is O=C(CCNC(=O)c1cc(-c2ccc(Br)cc2)n[nH]1)Nc1ccccc1. The number of hydrogen-bond donors (Lipinski definition) is 3. The van der Waals surface area contributed by atoms with E-state index in [0.717, 1.165) is 15.7 Å². The highest BCUT2D eigenvalue weighted by molar-refractivity contribution is 9.10. The van der Waals surface area contributed by atoms with E-state index in [4.69, 9.17) is 0 Å². The second-order valence-electron chi connectivity index (χ2n) is 5.59. The predicted octanol–water partition coefficient (Wildman–Crippen LogP) is 3.60. The molecule has 0 aliphatic carbocycles. The molecule has 26 heavy (non-hydrogen) atoms. The molecule has 132 valence electrons. The number of carbonyl (C=O) groups is 2. The monoisotopic (exact) mass is 412 g/mol. The molecule has 2 aromatic carbocycles. The average Bonchev–Trinajstić information content (AvgIpc) is 3.13. The first-order valence-corrected chi connectivity index (χ1v) is 8.85. The summed E-state index contributed by atoms with van der Waals surface area (Å²) in [5.74, 6) is -0.454. The number of nitrogens with zero attached hydrogens (tertiary/aromatic N) is 1. The smallest absolute Gasteiger partial charge is 0.269 e.